The number of aromatic nitrogens is 1. The van der Waals surface area contributed by atoms with Gasteiger partial charge in [-0.05, 0) is 34.5 Å². The number of pyridine rings is 1. The van der Waals surface area contributed by atoms with Gasteiger partial charge in [-0.15, -0.1) is 0 Å². The van der Waals surface area contributed by atoms with E-state index in [1.165, 1.54) is 0 Å². The van der Waals surface area contributed by atoms with Crippen molar-refractivity contribution in [2.75, 3.05) is 12.8 Å². The number of hydrogen-bond acceptors (Lipinski definition) is 3. The first-order valence-corrected chi connectivity index (χ1v) is 7.64. The lowest BCUT2D eigenvalue weighted by molar-refractivity contribution is 0.0947. The number of halogens is 1. The molecule has 1 aromatic rings. The second kappa shape index (κ2) is 6.86. The Hall–Kier alpha value is -0.750. The maximum Gasteiger partial charge on any atom is 0.271 e. The van der Waals surface area contributed by atoms with Crippen molar-refractivity contribution in [1.29, 1.82) is 0 Å². The Morgan fingerprint density at radius 3 is 2.94 bits per heavy atom. The molecule has 6 heteroatoms. The monoisotopic (exact) mass is 318 g/mol. The molecule has 2 unspecified atom stereocenters. The Balaban J connectivity index is 2.46. The third-order valence-electron chi connectivity index (χ3n) is 2.38. The largest absolute Gasteiger partial charge is 0.351 e. The molecule has 0 saturated carbocycles. The molecular weight excluding hydrogens is 304 g/mol. The normalized spacial score (nSPS) is 14.1. The van der Waals surface area contributed by atoms with Gasteiger partial charge in [-0.2, -0.15) is 0 Å². The van der Waals surface area contributed by atoms with Crippen LogP contribution in [0.1, 0.15) is 23.8 Å². The van der Waals surface area contributed by atoms with Gasteiger partial charge in [0.2, 0.25) is 0 Å². The van der Waals surface area contributed by atoms with Gasteiger partial charge in [-0.25, -0.2) is 4.98 Å². The molecule has 1 N–H and O–H groups in total. The zero-order chi connectivity index (χ0) is 12.8. The van der Waals surface area contributed by atoms with Gasteiger partial charge in [0.05, 0.1) is 0 Å². The summed E-state index contributed by atoms with van der Waals surface area (Å²) in [6.45, 7) is 2.40. The molecule has 0 aromatic carbocycles. The third-order valence-corrected chi connectivity index (χ3v) is 4.39. The van der Waals surface area contributed by atoms with Crippen LogP contribution < -0.4 is 5.32 Å². The fraction of sp³-hybridized carbons (Fsp3) is 0.455. The van der Waals surface area contributed by atoms with E-state index in [4.69, 9.17) is 0 Å². The van der Waals surface area contributed by atoms with Crippen LogP contribution >= 0.6 is 15.9 Å². The fourth-order valence-electron chi connectivity index (χ4n) is 1.19. The molecule has 1 rings (SSSR count). The summed E-state index contributed by atoms with van der Waals surface area (Å²) >= 11 is 3.27. The number of hydrogen-bond donors (Lipinski definition) is 1. The van der Waals surface area contributed by atoms with E-state index >= 15 is 0 Å². The summed E-state index contributed by atoms with van der Waals surface area (Å²) in [5, 5.41) is 2.85. The van der Waals surface area contributed by atoms with Crippen LogP contribution in [-0.2, 0) is 10.8 Å². The summed E-state index contributed by atoms with van der Waals surface area (Å²) < 4.78 is 11.8. The molecule has 0 saturated heterocycles. The van der Waals surface area contributed by atoms with Crippen LogP contribution in [0.4, 0.5) is 0 Å². The maximum absolute atomic E-state index is 11.7. The average molecular weight is 319 g/mol. The van der Waals surface area contributed by atoms with Crippen molar-refractivity contribution in [3.05, 3.63) is 28.5 Å². The number of nitrogens with zero attached hydrogens (tertiary/aromatic N) is 1. The highest BCUT2D eigenvalue weighted by molar-refractivity contribution is 9.10. The number of amides is 1. The van der Waals surface area contributed by atoms with E-state index in [1.54, 1.807) is 24.6 Å². The Labute approximate surface area is 112 Å². The van der Waals surface area contributed by atoms with E-state index in [-0.39, 0.29) is 11.2 Å². The SMILES string of the molecule is CC(CCNC(=O)c1ncccc1Br)S(C)=O. The molecule has 17 heavy (non-hydrogen) atoms. The molecular formula is C11H15BrN2O2S. The molecule has 0 radical (unpaired) electrons. The molecule has 1 aromatic heterocycles. The van der Waals surface area contributed by atoms with Crippen molar-refractivity contribution in [2.45, 2.75) is 18.6 Å². The summed E-state index contributed by atoms with van der Waals surface area (Å²) in [6, 6.07) is 3.52. The molecule has 4 nitrogen and oxygen atoms in total. The molecule has 1 amide bonds. The number of carbonyl (C=O) groups excluding carboxylic acids is 1. The summed E-state index contributed by atoms with van der Waals surface area (Å²) in [6.07, 6.45) is 3.94. The molecule has 0 bridgehead atoms. The van der Waals surface area contributed by atoms with Crippen molar-refractivity contribution in [2.24, 2.45) is 0 Å². The van der Waals surface area contributed by atoms with E-state index in [0.29, 0.717) is 23.1 Å². The van der Waals surface area contributed by atoms with Gasteiger partial charge in [0.25, 0.3) is 5.91 Å². The van der Waals surface area contributed by atoms with Gasteiger partial charge in [-0.3, -0.25) is 9.00 Å². The Kier molecular flexibility index (Phi) is 5.77. The van der Waals surface area contributed by atoms with E-state index in [9.17, 15) is 9.00 Å². The first-order valence-electron chi connectivity index (χ1n) is 5.23. The van der Waals surface area contributed by atoms with Crippen LogP contribution in [-0.4, -0.2) is 33.2 Å². The summed E-state index contributed by atoms with van der Waals surface area (Å²) in [5.74, 6) is -0.216. The summed E-state index contributed by atoms with van der Waals surface area (Å²) in [4.78, 5) is 15.7. The minimum atomic E-state index is -0.850. The van der Waals surface area contributed by atoms with E-state index < -0.39 is 10.8 Å². The van der Waals surface area contributed by atoms with Crippen LogP contribution in [0.15, 0.2) is 22.8 Å². The van der Waals surface area contributed by atoms with E-state index in [1.807, 2.05) is 6.92 Å². The Morgan fingerprint density at radius 1 is 1.65 bits per heavy atom. The van der Waals surface area contributed by atoms with Crippen LogP contribution in [0.2, 0.25) is 0 Å². The Bertz CT molecular complexity index is 426. The van der Waals surface area contributed by atoms with Gasteiger partial charge in [-0.1, -0.05) is 6.92 Å². The molecule has 2 atom stereocenters. The van der Waals surface area contributed by atoms with E-state index in [2.05, 4.69) is 26.2 Å². The zero-order valence-corrected chi connectivity index (χ0v) is 12.2. The van der Waals surface area contributed by atoms with Gasteiger partial charge < -0.3 is 5.32 Å². The lowest BCUT2D eigenvalue weighted by atomic mass is 10.3. The van der Waals surface area contributed by atoms with Crippen LogP contribution in [0.25, 0.3) is 0 Å². The van der Waals surface area contributed by atoms with Crippen molar-refractivity contribution in [3.63, 3.8) is 0 Å². The average Bonchev–Trinajstić information content (AvgIpc) is 2.29. The fourth-order valence-corrected chi connectivity index (χ4v) is 2.08. The number of nitrogens with one attached hydrogen (secondary N) is 1. The highest BCUT2D eigenvalue weighted by atomic mass is 79.9. The van der Waals surface area contributed by atoms with Crippen molar-refractivity contribution >= 4 is 32.6 Å². The van der Waals surface area contributed by atoms with Crippen LogP contribution in [0.5, 0.6) is 0 Å². The molecule has 0 fully saturated rings. The summed E-state index contributed by atoms with van der Waals surface area (Å²) in [5.41, 5.74) is 0.373. The quantitative estimate of drug-likeness (QED) is 0.899. The predicted molar refractivity (Wildman–Crippen MR) is 72.4 cm³/mol. The maximum atomic E-state index is 11.7. The first-order chi connectivity index (χ1) is 8.02. The highest BCUT2D eigenvalue weighted by Gasteiger charge is 2.11. The van der Waals surface area contributed by atoms with Gasteiger partial charge in [0.15, 0.2) is 0 Å². The van der Waals surface area contributed by atoms with Gasteiger partial charge >= 0.3 is 0 Å². The Morgan fingerprint density at radius 2 is 2.35 bits per heavy atom. The van der Waals surface area contributed by atoms with E-state index in [0.717, 1.165) is 0 Å². The van der Waals surface area contributed by atoms with Crippen molar-refractivity contribution in [3.8, 4) is 0 Å². The second-order valence-electron chi connectivity index (χ2n) is 3.69. The molecule has 0 spiro atoms. The molecule has 0 aliphatic rings. The lowest BCUT2D eigenvalue weighted by Crippen LogP contribution is -2.28. The number of carbonyl (C=O) groups is 1. The number of rotatable bonds is 5. The molecule has 1 heterocycles. The van der Waals surface area contributed by atoms with Crippen LogP contribution in [0.3, 0.4) is 0 Å². The van der Waals surface area contributed by atoms with Crippen molar-refractivity contribution < 1.29 is 9.00 Å². The summed E-state index contributed by atoms with van der Waals surface area (Å²) in [7, 11) is -0.850. The predicted octanol–water partition coefficient (Wildman–Crippen LogP) is 1.73. The molecule has 0 aliphatic carbocycles. The topological polar surface area (TPSA) is 59.1 Å². The molecule has 94 valence electrons. The molecule has 0 aliphatic heterocycles. The van der Waals surface area contributed by atoms with Crippen LogP contribution in [0, 0.1) is 0 Å². The highest BCUT2D eigenvalue weighted by Crippen LogP contribution is 2.12. The van der Waals surface area contributed by atoms with Gasteiger partial charge in [0.1, 0.15) is 5.69 Å². The minimum Gasteiger partial charge on any atom is -0.351 e. The second-order valence-corrected chi connectivity index (χ2v) is 6.34. The minimum absolute atomic E-state index is 0.0856. The zero-order valence-electron chi connectivity index (χ0n) is 9.77. The first kappa shape index (κ1) is 14.3. The lowest BCUT2D eigenvalue weighted by Gasteiger charge is -2.09. The third kappa shape index (κ3) is 4.55. The van der Waals surface area contributed by atoms with Gasteiger partial charge in [0, 0.05) is 39.5 Å². The smallest absolute Gasteiger partial charge is 0.271 e. The van der Waals surface area contributed by atoms with Crippen molar-refractivity contribution in [1.82, 2.24) is 10.3 Å². The standard InChI is InChI=1S/C11H15BrN2O2S/c1-8(17(2)16)5-7-14-11(15)10-9(12)4-3-6-13-10/h3-4,6,8H,5,7H2,1-2H3,(H,14,15).